The van der Waals surface area contributed by atoms with Crippen LogP contribution < -0.4 is 9.64 Å². The zero-order valence-electron chi connectivity index (χ0n) is 17.8. The Hall–Kier alpha value is -2.44. The van der Waals surface area contributed by atoms with E-state index in [1.165, 1.54) is 11.1 Å². The van der Waals surface area contributed by atoms with Crippen LogP contribution in [0.15, 0.2) is 36.4 Å². The topological polar surface area (TPSA) is 51.7 Å². The maximum absolute atomic E-state index is 13.3. The number of anilines is 1. The third-order valence-electron chi connectivity index (χ3n) is 5.52. The lowest BCUT2D eigenvalue weighted by Gasteiger charge is -2.23. The summed E-state index contributed by atoms with van der Waals surface area (Å²) < 4.78 is 12.4. The van der Waals surface area contributed by atoms with Crippen LogP contribution in [0.2, 0.25) is 0 Å². The summed E-state index contributed by atoms with van der Waals surface area (Å²) in [6, 6.07) is 12.0. The van der Waals surface area contributed by atoms with Crippen molar-refractivity contribution in [2.75, 3.05) is 24.7 Å². The Bertz CT molecular complexity index is 984. The smallest absolute Gasteiger partial charge is 0.233 e. The Kier molecular flexibility index (Phi) is 6.35. The van der Waals surface area contributed by atoms with Gasteiger partial charge in [-0.25, -0.2) is 4.98 Å². The molecule has 0 saturated carbocycles. The highest BCUT2D eigenvalue weighted by molar-refractivity contribution is 7.22. The number of aromatic nitrogens is 1. The molecule has 0 unspecified atom stereocenters. The quantitative estimate of drug-likeness (QED) is 0.532. The van der Waals surface area contributed by atoms with E-state index in [1.807, 2.05) is 36.1 Å². The number of thiazole rings is 1. The molecule has 0 spiro atoms. The highest BCUT2D eigenvalue weighted by Crippen LogP contribution is 2.32. The molecule has 2 heterocycles. The monoisotopic (exact) mass is 424 g/mol. The normalized spacial score (nSPS) is 16.2. The number of rotatable bonds is 7. The number of fused-ring (bicyclic) bond motifs is 1. The Morgan fingerprint density at radius 3 is 2.70 bits per heavy atom. The van der Waals surface area contributed by atoms with Crippen LogP contribution in [0.3, 0.4) is 0 Å². The van der Waals surface area contributed by atoms with E-state index in [9.17, 15) is 4.79 Å². The molecule has 0 N–H and O–H groups in total. The molecule has 1 aliphatic heterocycles. The van der Waals surface area contributed by atoms with Gasteiger partial charge in [-0.2, -0.15) is 0 Å². The first-order valence-electron chi connectivity index (χ1n) is 10.5. The van der Waals surface area contributed by atoms with E-state index in [0.29, 0.717) is 19.6 Å². The van der Waals surface area contributed by atoms with Crippen LogP contribution in [0, 0.1) is 13.8 Å². The number of aryl methyl sites for hydroxylation is 2. The van der Waals surface area contributed by atoms with Crippen molar-refractivity contribution in [2.45, 2.75) is 46.1 Å². The molecule has 1 saturated heterocycles. The molecule has 30 heavy (non-hydrogen) atoms. The van der Waals surface area contributed by atoms with Gasteiger partial charge in [-0.3, -0.25) is 9.69 Å². The number of hydrogen-bond acceptors (Lipinski definition) is 5. The van der Waals surface area contributed by atoms with E-state index in [1.54, 1.807) is 11.3 Å². The lowest BCUT2D eigenvalue weighted by Crippen LogP contribution is -2.38. The fourth-order valence-electron chi connectivity index (χ4n) is 3.70. The Morgan fingerprint density at radius 1 is 1.23 bits per heavy atom. The maximum Gasteiger partial charge on any atom is 0.233 e. The van der Waals surface area contributed by atoms with Gasteiger partial charge in [0, 0.05) is 6.61 Å². The second kappa shape index (κ2) is 9.14. The highest BCUT2D eigenvalue weighted by Gasteiger charge is 2.26. The summed E-state index contributed by atoms with van der Waals surface area (Å²) in [5.41, 5.74) is 4.37. The van der Waals surface area contributed by atoms with E-state index in [2.05, 4.69) is 26.0 Å². The van der Waals surface area contributed by atoms with E-state index < -0.39 is 0 Å². The summed E-state index contributed by atoms with van der Waals surface area (Å²) in [7, 11) is 0. The minimum atomic E-state index is 0.0437. The van der Waals surface area contributed by atoms with Crippen LogP contribution in [-0.4, -0.2) is 36.8 Å². The molecular formula is C24H28N2O3S. The van der Waals surface area contributed by atoms with E-state index >= 15 is 0 Å². The van der Waals surface area contributed by atoms with Crippen LogP contribution in [-0.2, 0) is 16.0 Å². The predicted molar refractivity (Wildman–Crippen MR) is 122 cm³/mol. The van der Waals surface area contributed by atoms with Gasteiger partial charge in [0.1, 0.15) is 5.75 Å². The van der Waals surface area contributed by atoms with E-state index in [0.717, 1.165) is 46.1 Å². The van der Waals surface area contributed by atoms with Gasteiger partial charge in [-0.1, -0.05) is 23.5 Å². The maximum atomic E-state index is 13.3. The number of amides is 1. The van der Waals surface area contributed by atoms with Crippen molar-refractivity contribution in [1.29, 1.82) is 0 Å². The van der Waals surface area contributed by atoms with Crippen LogP contribution in [0.1, 0.15) is 36.5 Å². The lowest BCUT2D eigenvalue weighted by molar-refractivity contribution is -0.118. The fraction of sp³-hybridized carbons (Fsp3) is 0.417. The van der Waals surface area contributed by atoms with Gasteiger partial charge in [0.2, 0.25) is 5.91 Å². The fourth-order valence-corrected chi connectivity index (χ4v) is 4.77. The summed E-state index contributed by atoms with van der Waals surface area (Å²) in [6.07, 6.45) is 2.43. The molecule has 1 amide bonds. The van der Waals surface area contributed by atoms with Gasteiger partial charge in [0.25, 0.3) is 0 Å². The van der Waals surface area contributed by atoms with Gasteiger partial charge in [-0.05, 0) is 74.6 Å². The zero-order valence-corrected chi connectivity index (χ0v) is 18.6. The molecule has 0 radical (unpaired) electrons. The van der Waals surface area contributed by atoms with E-state index in [4.69, 9.17) is 14.5 Å². The van der Waals surface area contributed by atoms with Gasteiger partial charge < -0.3 is 9.47 Å². The van der Waals surface area contributed by atoms with Crippen LogP contribution >= 0.6 is 11.3 Å². The summed E-state index contributed by atoms with van der Waals surface area (Å²) in [5.74, 6) is 0.865. The molecule has 2 aromatic carbocycles. The van der Waals surface area contributed by atoms with Crippen molar-refractivity contribution in [3.63, 3.8) is 0 Å². The first kappa shape index (κ1) is 20.8. The molecule has 158 valence electrons. The SMILES string of the molecule is CCOc1ccc(CC(=O)N(C[C@@H]2CCCO2)c2nc3cc(C)c(C)cc3s2)cc1. The predicted octanol–water partition coefficient (Wildman–Crippen LogP) is 5.07. The van der Waals surface area contributed by atoms with Gasteiger partial charge in [0.15, 0.2) is 5.13 Å². The minimum absolute atomic E-state index is 0.0437. The lowest BCUT2D eigenvalue weighted by atomic mass is 10.1. The third kappa shape index (κ3) is 4.65. The molecule has 1 aliphatic rings. The van der Waals surface area contributed by atoms with Crippen molar-refractivity contribution in [1.82, 2.24) is 4.98 Å². The first-order chi connectivity index (χ1) is 14.5. The largest absolute Gasteiger partial charge is 0.494 e. The van der Waals surface area contributed by atoms with Crippen molar-refractivity contribution in [3.05, 3.63) is 53.1 Å². The number of benzene rings is 2. The number of carbonyl (C=O) groups is 1. The van der Waals surface area contributed by atoms with Gasteiger partial charge >= 0.3 is 0 Å². The number of nitrogens with zero attached hydrogens (tertiary/aromatic N) is 2. The summed E-state index contributed by atoms with van der Waals surface area (Å²) >= 11 is 1.58. The molecule has 3 aromatic rings. The average Bonchev–Trinajstić information content (AvgIpc) is 3.38. The Labute approximate surface area is 181 Å². The highest BCUT2D eigenvalue weighted by atomic mass is 32.1. The first-order valence-corrected chi connectivity index (χ1v) is 11.4. The average molecular weight is 425 g/mol. The number of carbonyl (C=O) groups excluding carboxylic acids is 1. The molecule has 1 atom stereocenters. The van der Waals surface area contributed by atoms with Crippen molar-refractivity contribution >= 4 is 32.6 Å². The van der Waals surface area contributed by atoms with Crippen LogP contribution in [0.25, 0.3) is 10.2 Å². The Balaban J connectivity index is 1.59. The standard InChI is InChI=1S/C24H28N2O3S/c1-4-28-19-9-7-18(8-10-19)14-23(27)26(15-20-6-5-11-29-20)24-25-21-12-16(2)17(3)13-22(21)30-24/h7-10,12-13,20H,4-6,11,14-15H2,1-3H3/t20-/m0/s1. The van der Waals surface area contributed by atoms with Crippen molar-refractivity contribution in [3.8, 4) is 5.75 Å². The van der Waals surface area contributed by atoms with E-state index in [-0.39, 0.29) is 12.0 Å². The van der Waals surface area contributed by atoms with Crippen LogP contribution in [0.4, 0.5) is 5.13 Å². The molecule has 5 nitrogen and oxygen atoms in total. The second-order valence-electron chi connectivity index (χ2n) is 7.79. The number of ether oxygens (including phenoxy) is 2. The summed E-state index contributed by atoms with van der Waals surface area (Å²) in [4.78, 5) is 20.0. The van der Waals surface area contributed by atoms with Gasteiger partial charge in [0.05, 0.1) is 35.9 Å². The molecular weight excluding hydrogens is 396 g/mol. The molecule has 6 heteroatoms. The van der Waals surface area contributed by atoms with Crippen LogP contribution in [0.5, 0.6) is 5.75 Å². The molecule has 1 fully saturated rings. The zero-order chi connectivity index (χ0) is 21.1. The molecule has 4 rings (SSSR count). The van der Waals surface area contributed by atoms with Gasteiger partial charge in [-0.15, -0.1) is 0 Å². The molecule has 1 aromatic heterocycles. The van der Waals surface area contributed by atoms with Crippen molar-refractivity contribution in [2.24, 2.45) is 0 Å². The summed E-state index contributed by atoms with van der Waals surface area (Å²) in [5, 5.41) is 0.751. The second-order valence-corrected chi connectivity index (χ2v) is 8.80. The molecule has 0 bridgehead atoms. The third-order valence-corrected chi connectivity index (χ3v) is 6.57. The molecule has 0 aliphatic carbocycles. The number of hydrogen-bond donors (Lipinski definition) is 0. The minimum Gasteiger partial charge on any atom is -0.494 e. The Morgan fingerprint density at radius 2 is 2.00 bits per heavy atom. The van der Waals surface area contributed by atoms with Crippen molar-refractivity contribution < 1.29 is 14.3 Å². The summed E-state index contributed by atoms with van der Waals surface area (Å²) in [6.45, 7) is 8.10.